The number of carbonyl (C=O) groups excluding carboxylic acids is 1. The molecule has 1 aromatic heterocycles. The van der Waals surface area contributed by atoms with E-state index in [1.54, 1.807) is 18.0 Å². The fraction of sp³-hybridized carbons (Fsp3) is 0.375. The monoisotopic (exact) mass is 285 g/mol. The molecule has 1 fully saturated rings. The first-order valence-corrected chi connectivity index (χ1v) is 7.21. The van der Waals surface area contributed by atoms with Crippen LogP contribution >= 0.6 is 0 Å². The lowest BCUT2D eigenvalue weighted by atomic mass is 10.1. The average molecular weight is 285 g/mol. The van der Waals surface area contributed by atoms with E-state index in [0.717, 1.165) is 18.2 Å². The summed E-state index contributed by atoms with van der Waals surface area (Å²) >= 11 is 0. The molecule has 0 radical (unpaired) electrons. The molecular formula is C16H19N3O2. The van der Waals surface area contributed by atoms with Crippen molar-refractivity contribution >= 4 is 16.8 Å². The zero-order valence-corrected chi connectivity index (χ0v) is 12.0. The minimum absolute atomic E-state index is 0.0514. The summed E-state index contributed by atoms with van der Waals surface area (Å²) < 4.78 is 0. The number of hydrogen-bond acceptors (Lipinski definition) is 3. The summed E-state index contributed by atoms with van der Waals surface area (Å²) in [5.74, 6) is 0.358. The number of aromatic amines is 1. The van der Waals surface area contributed by atoms with Gasteiger partial charge in [-0.1, -0.05) is 18.2 Å². The highest BCUT2D eigenvalue weighted by atomic mass is 16.2. The number of pyridine rings is 1. The summed E-state index contributed by atoms with van der Waals surface area (Å²) in [7, 11) is 1.77. The third kappa shape index (κ3) is 2.56. The smallest absolute Gasteiger partial charge is 0.254 e. The van der Waals surface area contributed by atoms with Gasteiger partial charge in [0.15, 0.2) is 0 Å². The van der Waals surface area contributed by atoms with Gasteiger partial charge in [-0.3, -0.25) is 9.59 Å². The highest BCUT2D eigenvalue weighted by Crippen LogP contribution is 2.35. The van der Waals surface area contributed by atoms with E-state index in [0.29, 0.717) is 23.5 Å². The van der Waals surface area contributed by atoms with Gasteiger partial charge in [0.1, 0.15) is 0 Å². The van der Waals surface area contributed by atoms with Gasteiger partial charge >= 0.3 is 0 Å². The van der Waals surface area contributed by atoms with Crippen molar-refractivity contribution in [2.45, 2.75) is 18.9 Å². The van der Waals surface area contributed by atoms with Crippen LogP contribution in [-0.4, -0.2) is 35.4 Å². The van der Waals surface area contributed by atoms with Gasteiger partial charge in [0.05, 0.1) is 5.56 Å². The maximum absolute atomic E-state index is 12.8. The highest BCUT2D eigenvalue weighted by molar-refractivity contribution is 6.05. The van der Waals surface area contributed by atoms with Crippen molar-refractivity contribution in [3.05, 3.63) is 46.2 Å². The number of likely N-dealkylation sites (N-methyl/N-ethyl adjacent to an activating group) is 1. The normalized spacial score (nSPS) is 15.9. The van der Waals surface area contributed by atoms with Crippen molar-refractivity contribution in [1.82, 2.24) is 9.88 Å². The average Bonchev–Trinajstić information content (AvgIpc) is 3.31. The fourth-order valence-electron chi connectivity index (χ4n) is 2.87. The van der Waals surface area contributed by atoms with Crippen LogP contribution in [0.1, 0.15) is 23.2 Å². The fourth-order valence-corrected chi connectivity index (χ4v) is 2.87. The Bertz CT molecular complexity index is 734. The Morgan fingerprint density at radius 1 is 1.43 bits per heavy atom. The summed E-state index contributed by atoms with van der Waals surface area (Å²) in [6, 6.07) is 8.77. The molecule has 3 rings (SSSR count). The van der Waals surface area contributed by atoms with Crippen molar-refractivity contribution in [1.29, 1.82) is 0 Å². The molecular weight excluding hydrogens is 266 g/mol. The van der Waals surface area contributed by atoms with Gasteiger partial charge in [-0.15, -0.1) is 0 Å². The number of benzene rings is 1. The topological polar surface area (TPSA) is 79.2 Å². The number of nitrogens with one attached hydrogen (secondary N) is 1. The first-order valence-electron chi connectivity index (χ1n) is 7.21. The van der Waals surface area contributed by atoms with Crippen LogP contribution in [0.4, 0.5) is 0 Å². The van der Waals surface area contributed by atoms with E-state index >= 15 is 0 Å². The number of H-pyrrole nitrogens is 1. The zero-order chi connectivity index (χ0) is 15.0. The predicted molar refractivity (Wildman–Crippen MR) is 82.2 cm³/mol. The molecule has 21 heavy (non-hydrogen) atoms. The number of nitrogens with two attached hydrogens (primary N) is 1. The number of carbonyl (C=O) groups is 1. The van der Waals surface area contributed by atoms with Gasteiger partial charge < -0.3 is 15.6 Å². The first-order chi connectivity index (χ1) is 10.1. The van der Waals surface area contributed by atoms with E-state index in [-0.39, 0.29) is 17.5 Å². The molecule has 110 valence electrons. The van der Waals surface area contributed by atoms with Crippen LogP contribution in [0.5, 0.6) is 0 Å². The SMILES string of the molecule is CN(C(=O)c1cc(=O)[nH]c2ccccc12)C(CN)C1CC1. The number of aromatic nitrogens is 1. The largest absolute Gasteiger partial charge is 0.337 e. The lowest BCUT2D eigenvalue weighted by Gasteiger charge is -2.27. The van der Waals surface area contributed by atoms with E-state index in [4.69, 9.17) is 5.73 Å². The Balaban J connectivity index is 2.02. The second-order valence-corrected chi connectivity index (χ2v) is 5.65. The Morgan fingerprint density at radius 2 is 2.14 bits per heavy atom. The molecule has 1 heterocycles. The summed E-state index contributed by atoms with van der Waals surface area (Å²) in [6.45, 7) is 0.452. The third-order valence-electron chi connectivity index (χ3n) is 4.21. The summed E-state index contributed by atoms with van der Waals surface area (Å²) in [5, 5.41) is 0.764. The van der Waals surface area contributed by atoms with Crippen LogP contribution in [0.15, 0.2) is 35.1 Å². The summed E-state index contributed by atoms with van der Waals surface area (Å²) in [6.07, 6.45) is 2.24. The molecule has 1 amide bonds. The van der Waals surface area contributed by atoms with Gasteiger partial charge in [0.25, 0.3) is 5.91 Å². The lowest BCUT2D eigenvalue weighted by molar-refractivity contribution is 0.0720. The van der Waals surface area contributed by atoms with E-state index < -0.39 is 0 Å². The van der Waals surface area contributed by atoms with Gasteiger partial charge in [-0.2, -0.15) is 0 Å². The predicted octanol–water partition coefficient (Wildman–Crippen LogP) is 1.34. The molecule has 5 heteroatoms. The minimum atomic E-state index is -0.263. The molecule has 1 aliphatic rings. The maximum Gasteiger partial charge on any atom is 0.254 e. The molecule has 0 saturated heterocycles. The number of amides is 1. The van der Waals surface area contributed by atoms with Crippen molar-refractivity contribution in [2.24, 2.45) is 11.7 Å². The number of hydrogen-bond donors (Lipinski definition) is 2. The number of para-hydroxylation sites is 1. The van der Waals surface area contributed by atoms with E-state index in [2.05, 4.69) is 4.98 Å². The molecule has 1 atom stereocenters. The Hall–Kier alpha value is -2.14. The molecule has 1 unspecified atom stereocenters. The van der Waals surface area contributed by atoms with Crippen LogP contribution in [0, 0.1) is 5.92 Å². The van der Waals surface area contributed by atoms with Gasteiger partial charge in [0.2, 0.25) is 5.56 Å². The molecule has 1 aliphatic carbocycles. The molecule has 5 nitrogen and oxygen atoms in total. The molecule has 0 spiro atoms. The summed E-state index contributed by atoms with van der Waals surface area (Å²) in [4.78, 5) is 29.0. The quantitative estimate of drug-likeness (QED) is 0.889. The van der Waals surface area contributed by atoms with Crippen LogP contribution in [-0.2, 0) is 0 Å². The van der Waals surface area contributed by atoms with E-state index in [1.165, 1.54) is 6.07 Å². The standard InChI is InChI=1S/C16H19N3O2/c1-19(14(9-17)10-6-7-10)16(21)12-8-15(20)18-13-5-3-2-4-11(12)13/h2-5,8,10,14H,6-7,9,17H2,1H3,(H,18,20). The van der Waals surface area contributed by atoms with Crippen LogP contribution < -0.4 is 11.3 Å². The molecule has 1 aromatic carbocycles. The van der Waals surface area contributed by atoms with Crippen molar-refractivity contribution < 1.29 is 4.79 Å². The Morgan fingerprint density at radius 3 is 2.81 bits per heavy atom. The van der Waals surface area contributed by atoms with E-state index in [9.17, 15) is 9.59 Å². The molecule has 0 aliphatic heterocycles. The van der Waals surface area contributed by atoms with Crippen LogP contribution in [0.3, 0.4) is 0 Å². The van der Waals surface area contributed by atoms with Gasteiger partial charge in [-0.05, 0) is 24.8 Å². The highest BCUT2D eigenvalue weighted by Gasteiger charge is 2.35. The lowest BCUT2D eigenvalue weighted by Crippen LogP contribution is -2.43. The van der Waals surface area contributed by atoms with E-state index in [1.807, 2.05) is 18.2 Å². The van der Waals surface area contributed by atoms with Crippen molar-refractivity contribution in [3.8, 4) is 0 Å². The maximum atomic E-state index is 12.8. The summed E-state index contributed by atoms with van der Waals surface area (Å²) in [5.41, 5.74) is 6.67. The second-order valence-electron chi connectivity index (χ2n) is 5.65. The number of rotatable bonds is 4. The van der Waals surface area contributed by atoms with Crippen molar-refractivity contribution in [3.63, 3.8) is 0 Å². The zero-order valence-electron chi connectivity index (χ0n) is 12.0. The Kier molecular flexibility index (Phi) is 3.51. The number of nitrogens with zero attached hydrogens (tertiary/aromatic N) is 1. The molecule has 1 saturated carbocycles. The Labute approximate surface area is 122 Å². The van der Waals surface area contributed by atoms with Crippen LogP contribution in [0.2, 0.25) is 0 Å². The van der Waals surface area contributed by atoms with Gasteiger partial charge in [0, 0.05) is 36.6 Å². The van der Waals surface area contributed by atoms with Crippen LogP contribution in [0.25, 0.3) is 10.9 Å². The molecule has 3 N–H and O–H groups in total. The molecule has 0 bridgehead atoms. The first kappa shape index (κ1) is 13.8. The van der Waals surface area contributed by atoms with Crippen molar-refractivity contribution in [2.75, 3.05) is 13.6 Å². The third-order valence-corrected chi connectivity index (χ3v) is 4.21. The molecule has 2 aromatic rings. The van der Waals surface area contributed by atoms with Gasteiger partial charge in [-0.25, -0.2) is 0 Å². The number of fused-ring (bicyclic) bond motifs is 1. The second kappa shape index (κ2) is 5.33. The minimum Gasteiger partial charge on any atom is -0.337 e.